The summed E-state index contributed by atoms with van der Waals surface area (Å²) in [5, 5.41) is 11.3. The van der Waals surface area contributed by atoms with Crippen LogP contribution in [0.2, 0.25) is 10.0 Å². The van der Waals surface area contributed by atoms with Crippen molar-refractivity contribution in [3.05, 3.63) is 99.5 Å². The second kappa shape index (κ2) is 12.0. The van der Waals surface area contributed by atoms with Crippen LogP contribution < -0.4 is 4.74 Å². The Bertz CT molecular complexity index is 1230. The van der Waals surface area contributed by atoms with Gasteiger partial charge in [-0.1, -0.05) is 72.9 Å². The SMILES string of the molecule is CCC[C@H](C(=O)O)N1C(=O)[C@H](Cc2cccc(OC)c2)O[C@@H](c2ccc(Cl)cc2)[C@H]1c1ccc(Cl)cc1. The zero-order valence-electron chi connectivity index (χ0n) is 20.6. The van der Waals surface area contributed by atoms with Gasteiger partial charge in [-0.05, 0) is 59.5 Å². The number of carboxylic acids is 1. The largest absolute Gasteiger partial charge is 0.497 e. The van der Waals surface area contributed by atoms with Crippen LogP contribution in [0.4, 0.5) is 0 Å². The zero-order valence-corrected chi connectivity index (χ0v) is 22.2. The third kappa shape index (κ3) is 6.09. The fraction of sp³-hybridized carbons (Fsp3) is 0.310. The van der Waals surface area contributed by atoms with Crippen LogP contribution in [0.1, 0.15) is 48.6 Å². The Hall–Kier alpha value is -3.06. The Kier molecular flexibility index (Phi) is 8.75. The number of carbonyl (C=O) groups excluding carboxylic acids is 1. The van der Waals surface area contributed by atoms with Crippen LogP contribution in [-0.2, 0) is 20.7 Å². The normalized spacial score (nSPS) is 20.5. The van der Waals surface area contributed by atoms with Gasteiger partial charge in [0.05, 0.1) is 13.2 Å². The molecule has 1 aliphatic rings. The summed E-state index contributed by atoms with van der Waals surface area (Å²) in [7, 11) is 1.58. The van der Waals surface area contributed by atoms with E-state index in [0.717, 1.165) is 16.7 Å². The van der Waals surface area contributed by atoms with Crippen molar-refractivity contribution in [1.82, 2.24) is 4.90 Å². The van der Waals surface area contributed by atoms with Gasteiger partial charge in [0.2, 0.25) is 0 Å². The molecule has 1 aliphatic heterocycles. The van der Waals surface area contributed by atoms with E-state index in [1.807, 2.05) is 55.5 Å². The average Bonchev–Trinajstić information content (AvgIpc) is 2.89. The minimum absolute atomic E-state index is 0.266. The van der Waals surface area contributed by atoms with Crippen LogP contribution in [-0.4, -0.2) is 41.1 Å². The predicted molar refractivity (Wildman–Crippen MR) is 143 cm³/mol. The minimum Gasteiger partial charge on any atom is -0.497 e. The number of ether oxygens (including phenoxy) is 2. The third-order valence-electron chi connectivity index (χ3n) is 6.58. The summed E-state index contributed by atoms with van der Waals surface area (Å²) in [5.41, 5.74) is 2.37. The highest BCUT2D eigenvalue weighted by molar-refractivity contribution is 6.30. The molecule has 37 heavy (non-hydrogen) atoms. The Balaban J connectivity index is 1.84. The van der Waals surface area contributed by atoms with Gasteiger partial charge in [0.25, 0.3) is 5.91 Å². The summed E-state index contributed by atoms with van der Waals surface area (Å²) < 4.78 is 11.9. The quantitative estimate of drug-likeness (QED) is 0.334. The summed E-state index contributed by atoms with van der Waals surface area (Å²) in [6.45, 7) is 1.91. The van der Waals surface area contributed by atoms with Crippen LogP contribution in [0, 0.1) is 0 Å². The maximum atomic E-state index is 14.0. The van der Waals surface area contributed by atoms with Gasteiger partial charge in [-0.3, -0.25) is 4.79 Å². The first-order valence-electron chi connectivity index (χ1n) is 12.2. The van der Waals surface area contributed by atoms with Crippen molar-refractivity contribution in [1.29, 1.82) is 0 Å². The van der Waals surface area contributed by atoms with Gasteiger partial charge < -0.3 is 19.5 Å². The molecule has 4 rings (SSSR count). The Morgan fingerprint density at radius 2 is 1.65 bits per heavy atom. The van der Waals surface area contributed by atoms with Gasteiger partial charge >= 0.3 is 5.97 Å². The highest BCUT2D eigenvalue weighted by Gasteiger charge is 2.48. The lowest BCUT2D eigenvalue weighted by atomic mass is 9.88. The molecule has 0 spiro atoms. The minimum atomic E-state index is -1.05. The molecule has 4 atom stereocenters. The second-order valence-corrected chi connectivity index (χ2v) is 9.91. The van der Waals surface area contributed by atoms with Crippen LogP contribution >= 0.6 is 23.2 Å². The molecule has 0 aromatic heterocycles. The van der Waals surface area contributed by atoms with E-state index in [0.29, 0.717) is 28.6 Å². The summed E-state index contributed by atoms with van der Waals surface area (Å²) in [6.07, 6.45) is -0.353. The number of carboxylic acid groups (broad SMARTS) is 1. The number of morpholine rings is 1. The fourth-order valence-corrected chi connectivity index (χ4v) is 5.07. The molecule has 194 valence electrons. The van der Waals surface area contributed by atoms with Crippen molar-refractivity contribution < 1.29 is 24.2 Å². The van der Waals surface area contributed by atoms with Crippen molar-refractivity contribution in [2.45, 2.75) is 50.5 Å². The molecule has 1 saturated heterocycles. The number of halogens is 2. The standard InChI is InChI=1S/C29H29Cl2NO5/c1-3-5-24(29(34)35)32-26(19-8-12-21(30)13-9-19)27(20-10-14-22(31)15-11-20)37-25(28(32)33)17-18-6-4-7-23(16-18)36-2/h4,6-16,24-27H,3,5,17H2,1-2H3,(H,34,35)/t24-,25+,26-,27+/m1/s1. The smallest absolute Gasteiger partial charge is 0.326 e. The maximum Gasteiger partial charge on any atom is 0.326 e. The van der Waals surface area contributed by atoms with E-state index < -0.39 is 30.3 Å². The number of rotatable bonds is 9. The molecule has 3 aromatic carbocycles. The van der Waals surface area contributed by atoms with Crippen molar-refractivity contribution >= 4 is 35.1 Å². The lowest BCUT2D eigenvalue weighted by Crippen LogP contribution is -2.57. The summed E-state index contributed by atoms with van der Waals surface area (Å²) in [6, 6.07) is 20.0. The molecule has 1 fully saturated rings. The molecule has 3 aromatic rings. The molecule has 0 aliphatic carbocycles. The number of hydrogen-bond acceptors (Lipinski definition) is 4. The summed E-state index contributed by atoms with van der Waals surface area (Å²) in [4.78, 5) is 28.1. The van der Waals surface area contributed by atoms with Gasteiger partial charge in [-0.2, -0.15) is 0 Å². The monoisotopic (exact) mass is 541 g/mol. The first kappa shape index (κ1) is 27.0. The van der Waals surface area contributed by atoms with E-state index >= 15 is 0 Å². The van der Waals surface area contributed by atoms with E-state index in [1.54, 1.807) is 31.4 Å². The van der Waals surface area contributed by atoms with Gasteiger partial charge in [0.15, 0.2) is 0 Å². The summed E-state index contributed by atoms with van der Waals surface area (Å²) in [5.74, 6) is -0.750. The van der Waals surface area contributed by atoms with Gasteiger partial charge in [0, 0.05) is 16.5 Å². The molecule has 0 unspecified atom stereocenters. The number of amides is 1. The van der Waals surface area contributed by atoms with Crippen LogP contribution in [0.5, 0.6) is 5.75 Å². The van der Waals surface area contributed by atoms with E-state index in [1.165, 1.54) is 4.90 Å². The number of carbonyl (C=O) groups is 2. The lowest BCUT2D eigenvalue weighted by molar-refractivity contribution is -0.184. The van der Waals surface area contributed by atoms with E-state index in [4.69, 9.17) is 32.7 Å². The third-order valence-corrected chi connectivity index (χ3v) is 7.08. The Morgan fingerprint density at radius 1 is 1.03 bits per heavy atom. The van der Waals surface area contributed by atoms with Crippen molar-refractivity contribution in [2.75, 3.05) is 7.11 Å². The van der Waals surface area contributed by atoms with E-state index in [9.17, 15) is 14.7 Å². The molecule has 1 N–H and O–H groups in total. The van der Waals surface area contributed by atoms with Crippen molar-refractivity contribution in [3.8, 4) is 5.75 Å². The van der Waals surface area contributed by atoms with Crippen molar-refractivity contribution in [2.24, 2.45) is 0 Å². The fourth-order valence-electron chi connectivity index (χ4n) is 4.82. The molecule has 0 saturated carbocycles. The molecule has 1 heterocycles. The van der Waals surface area contributed by atoms with Gasteiger partial charge in [-0.25, -0.2) is 4.79 Å². The Labute approximate surface area is 226 Å². The first-order chi connectivity index (χ1) is 17.8. The molecular weight excluding hydrogens is 513 g/mol. The van der Waals surface area contributed by atoms with Crippen LogP contribution in [0.25, 0.3) is 0 Å². The second-order valence-electron chi connectivity index (χ2n) is 9.04. The molecule has 0 bridgehead atoms. The van der Waals surface area contributed by atoms with Gasteiger partial charge in [-0.15, -0.1) is 0 Å². The first-order valence-corrected chi connectivity index (χ1v) is 12.9. The predicted octanol–water partition coefficient (Wildman–Crippen LogP) is 6.51. The number of aliphatic carboxylic acids is 1. The number of hydrogen-bond donors (Lipinski definition) is 1. The van der Waals surface area contributed by atoms with Crippen molar-refractivity contribution in [3.63, 3.8) is 0 Å². The Morgan fingerprint density at radius 3 is 2.22 bits per heavy atom. The molecule has 8 heteroatoms. The number of nitrogens with zero attached hydrogens (tertiary/aromatic N) is 1. The van der Waals surface area contributed by atoms with Crippen LogP contribution in [0.15, 0.2) is 72.8 Å². The topological polar surface area (TPSA) is 76.1 Å². The maximum absolute atomic E-state index is 14.0. The van der Waals surface area contributed by atoms with E-state index in [-0.39, 0.29) is 12.3 Å². The van der Waals surface area contributed by atoms with E-state index in [2.05, 4.69) is 0 Å². The zero-order chi connectivity index (χ0) is 26.5. The highest BCUT2D eigenvalue weighted by Crippen LogP contribution is 2.44. The van der Waals surface area contributed by atoms with Crippen LogP contribution in [0.3, 0.4) is 0 Å². The molecule has 1 amide bonds. The number of benzene rings is 3. The summed E-state index contributed by atoms with van der Waals surface area (Å²) >= 11 is 12.3. The van der Waals surface area contributed by atoms with Gasteiger partial charge in [0.1, 0.15) is 24.0 Å². The molecule has 6 nitrogen and oxygen atoms in total. The molecular formula is C29H29Cl2NO5. The lowest BCUT2D eigenvalue weighted by Gasteiger charge is -2.47. The molecule has 0 radical (unpaired) electrons. The highest BCUT2D eigenvalue weighted by atomic mass is 35.5. The average molecular weight is 542 g/mol. The number of methoxy groups -OCH3 is 1.